The molecule has 5 heteroatoms. The Labute approximate surface area is 79.4 Å². The molecule has 0 bridgehead atoms. The second-order valence-electron chi connectivity index (χ2n) is 2.73. The first-order valence-electron chi connectivity index (χ1n) is 3.96. The molecule has 1 aromatic carbocycles. The summed E-state index contributed by atoms with van der Waals surface area (Å²) < 4.78 is 25.4. The van der Waals surface area contributed by atoms with Crippen molar-refractivity contribution in [1.29, 1.82) is 0 Å². The Morgan fingerprint density at radius 3 is 2.71 bits per heavy atom. The van der Waals surface area contributed by atoms with Gasteiger partial charge < -0.3 is 10.4 Å². The fourth-order valence-electron chi connectivity index (χ4n) is 0.969. The van der Waals surface area contributed by atoms with Gasteiger partial charge in [0.2, 0.25) is 0 Å². The van der Waals surface area contributed by atoms with Gasteiger partial charge in [-0.1, -0.05) is 6.07 Å². The molecule has 1 rings (SSSR count). The van der Waals surface area contributed by atoms with Gasteiger partial charge in [-0.15, -0.1) is 0 Å². The van der Waals surface area contributed by atoms with Gasteiger partial charge in [0.05, 0.1) is 6.54 Å². The highest BCUT2D eigenvalue weighted by Crippen LogP contribution is 2.08. The predicted molar refractivity (Wildman–Crippen MR) is 45.7 cm³/mol. The SMILES string of the molecule is O=C(O)CNCc1ccc(F)cc1F. The molecule has 2 N–H and O–H groups in total. The van der Waals surface area contributed by atoms with E-state index in [1.54, 1.807) is 0 Å². The maximum absolute atomic E-state index is 12.9. The molecule has 1 aromatic rings. The highest BCUT2D eigenvalue weighted by molar-refractivity contribution is 5.68. The molecular formula is C9H9F2NO2. The number of nitrogens with one attached hydrogen (secondary N) is 1. The van der Waals surface area contributed by atoms with Crippen LogP contribution in [-0.2, 0) is 11.3 Å². The summed E-state index contributed by atoms with van der Waals surface area (Å²) in [6.07, 6.45) is 0. The first kappa shape index (κ1) is 10.6. The minimum atomic E-state index is -1.02. The van der Waals surface area contributed by atoms with Crippen LogP contribution in [0.25, 0.3) is 0 Å². The van der Waals surface area contributed by atoms with E-state index in [0.29, 0.717) is 0 Å². The van der Waals surface area contributed by atoms with E-state index >= 15 is 0 Å². The lowest BCUT2D eigenvalue weighted by molar-refractivity contribution is -0.136. The van der Waals surface area contributed by atoms with Crippen molar-refractivity contribution in [3.05, 3.63) is 35.4 Å². The normalized spacial score (nSPS) is 10.1. The number of carboxylic acid groups (broad SMARTS) is 1. The minimum Gasteiger partial charge on any atom is -0.480 e. The average Bonchev–Trinajstić information content (AvgIpc) is 2.08. The van der Waals surface area contributed by atoms with E-state index < -0.39 is 17.6 Å². The lowest BCUT2D eigenvalue weighted by Gasteiger charge is -2.03. The molecule has 0 fully saturated rings. The van der Waals surface area contributed by atoms with Crippen LogP contribution in [0.15, 0.2) is 18.2 Å². The molecule has 0 amide bonds. The Bertz CT molecular complexity index is 342. The number of hydrogen-bond acceptors (Lipinski definition) is 2. The monoisotopic (exact) mass is 201 g/mol. The molecule has 0 aliphatic carbocycles. The van der Waals surface area contributed by atoms with Crippen LogP contribution in [0.4, 0.5) is 8.78 Å². The number of hydrogen-bond donors (Lipinski definition) is 2. The van der Waals surface area contributed by atoms with Crippen molar-refractivity contribution in [2.75, 3.05) is 6.54 Å². The highest BCUT2D eigenvalue weighted by Gasteiger charge is 2.03. The maximum atomic E-state index is 12.9. The summed E-state index contributed by atoms with van der Waals surface area (Å²) in [5, 5.41) is 10.8. The number of benzene rings is 1. The zero-order valence-electron chi connectivity index (χ0n) is 7.26. The molecule has 0 atom stereocenters. The lowest BCUT2D eigenvalue weighted by Crippen LogP contribution is -2.22. The molecule has 0 unspecified atom stereocenters. The van der Waals surface area contributed by atoms with Gasteiger partial charge in [-0.05, 0) is 6.07 Å². The molecular weight excluding hydrogens is 192 g/mol. The van der Waals surface area contributed by atoms with Crippen LogP contribution in [0.1, 0.15) is 5.56 Å². The summed E-state index contributed by atoms with van der Waals surface area (Å²) in [4.78, 5) is 10.1. The molecule has 0 radical (unpaired) electrons. The number of rotatable bonds is 4. The Balaban J connectivity index is 2.55. The summed E-state index contributed by atoms with van der Waals surface area (Å²) in [6, 6.07) is 3.16. The van der Waals surface area contributed by atoms with Gasteiger partial charge in [0.25, 0.3) is 0 Å². The fourth-order valence-corrected chi connectivity index (χ4v) is 0.969. The van der Waals surface area contributed by atoms with Crippen LogP contribution in [0.2, 0.25) is 0 Å². The van der Waals surface area contributed by atoms with Crippen molar-refractivity contribution in [3.63, 3.8) is 0 Å². The van der Waals surface area contributed by atoms with Crippen LogP contribution >= 0.6 is 0 Å². The number of halogens is 2. The molecule has 0 saturated carbocycles. The van der Waals surface area contributed by atoms with Gasteiger partial charge in [0.15, 0.2) is 0 Å². The topological polar surface area (TPSA) is 49.3 Å². The molecule has 0 aromatic heterocycles. The third kappa shape index (κ3) is 3.10. The molecule has 0 saturated heterocycles. The first-order chi connectivity index (χ1) is 6.59. The van der Waals surface area contributed by atoms with Gasteiger partial charge >= 0.3 is 5.97 Å². The Morgan fingerprint density at radius 1 is 1.43 bits per heavy atom. The molecule has 0 spiro atoms. The number of carbonyl (C=O) groups is 1. The number of aliphatic carboxylic acids is 1. The van der Waals surface area contributed by atoms with E-state index in [1.165, 1.54) is 6.07 Å². The fraction of sp³-hybridized carbons (Fsp3) is 0.222. The van der Waals surface area contributed by atoms with E-state index in [0.717, 1.165) is 12.1 Å². The lowest BCUT2D eigenvalue weighted by atomic mass is 10.2. The average molecular weight is 201 g/mol. The van der Waals surface area contributed by atoms with Crippen LogP contribution in [0.3, 0.4) is 0 Å². The largest absolute Gasteiger partial charge is 0.480 e. The van der Waals surface area contributed by atoms with Crippen LogP contribution in [0.5, 0.6) is 0 Å². The van der Waals surface area contributed by atoms with Gasteiger partial charge in [0, 0.05) is 18.2 Å². The number of carboxylic acids is 1. The van der Waals surface area contributed by atoms with Crippen molar-refractivity contribution in [2.24, 2.45) is 0 Å². The second kappa shape index (κ2) is 4.66. The van der Waals surface area contributed by atoms with E-state index in [2.05, 4.69) is 5.32 Å². The Hall–Kier alpha value is -1.49. The van der Waals surface area contributed by atoms with Crippen molar-refractivity contribution >= 4 is 5.97 Å². The summed E-state index contributed by atoms with van der Waals surface area (Å²) in [5.74, 6) is -2.35. The van der Waals surface area contributed by atoms with Crippen molar-refractivity contribution in [1.82, 2.24) is 5.32 Å². The molecule has 0 heterocycles. The van der Waals surface area contributed by atoms with Gasteiger partial charge in [-0.3, -0.25) is 4.79 Å². The first-order valence-corrected chi connectivity index (χ1v) is 3.96. The van der Waals surface area contributed by atoms with Gasteiger partial charge in [-0.2, -0.15) is 0 Å². The van der Waals surface area contributed by atoms with Crippen molar-refractivity contribution < 1.29 is 18.7 Å². The molecule has 0 aliphatic heterocycles. The summed E-state index contributed by atoms with van der Waals surface area (Å²) >= 11 is 0. The Morgan fingerprint density at radius 2 is 2.14 bits per heavy atom. The highest BCUT2D eigenvalue weighted by atomic mass is 19.1. The third-order valence-electron chi connectivity index (χ3n) is 1.61. The quantitative estimate of drug-likeness (QED) is 0.767. The smallest absolute Gasteiger partial charge is 0.317 e. The zero-order chi connectivity index (χ0) is 10.6. The second-order valence-corrected chi connectivity index (χ2v) is 2.73. The summed E-state index contributed by atoms with van der Waals surface area (Å²) in [6.45, 7) is -0.185. The predicted octanol–water partition coefficient (Wildman–Crippen LogP) is 1.14. The summed E-state index contributed by atoms with van der Waals surface area (Å²) in [7, 11) is 0. The van der Waals surface area contributed by atoms with Crippen molar-refractivity contribution in [2.45, 2.75) is 6.54 Å². The van der Waals surface area contributed by atoms with E-state index in [1.807, 2.05) is 0 Å². The molecule has 14 heavy (non-hydrogen) atoms. The molecule has 0 aliphatic rings. The standard InChI is InChI=1S/C9H9F2NO2/c10-7-2-1-6(8(11)3-7)4-12-5-9(13)14/h1-3,12H,4-5H2,(H,13,14). The Kier molecular flexibility index (Phi) is 3.53. The molecule has 76 valence electrons. The van der Waals surface area contributed by atoms with E-state index in [-0.39, 0.29) is 18.7 Å². The molecule has 3 nitrogen and oxygen atoms in total. The van der Waals surface area contributed by atoms with E-state index in [9.17, 15) is 13.6 Å². The van der Waals surface area contributed by atoms with Crippen LogP contribution in [0, 0.1) is 11.6 Å². The minimum absolute atomic E-state index is 0.0679. The van der Waals surface area contributed by atoms with Gasteiger partial charge in [-0.25, -0.2) is 8.78 Å². The van der Waals surface area contributed by atoms with Crippen LogP contribution < -0.4 is 5.32 Å². The van der Waals surface area contributed by atoms with E-state index in [4.69, 9.17) is 5.11 Å². The van der Waals surface area contributed by atoms with Gasteiger partial charge in [0.1, 0.15) is 11.6 Å². The van der Waals surface area contributed by atoms with Crippen molar-refractivity contribution in [3.8, 4) is 0 Å². The third-order valence-corrected chi connectivity index (χ3v) is 1.61. The zero-order valence-corrected chi connectivity index (χ0v) is 7.26. The maximum Gasteiger partial charge on any atom is 0.317 e. The van der Waals surface area contributed by atoms with Crippen LogP contribution in [-0.4, -0.2) is 17.6 Å². The summed E-state index contributed by atoms with van der Waals surface area (Å²) in [5.41, 5.74) is 0.243.